The molecular weight excluding hydrogens is 334 g/mol. The van der Waals surface area contributed by atoms with E-state index in [1.54, 1.807) is 4.40 Å². The van der Waals surface area contributed by atoms with Crippen molar-refractivity contribution in [2.45, 2.75) is 6.92 Å². The lowest BCUT2D eigenvalue weighted by Crippen LogP contribution is -2.18. The monoisotopic (exact) mass is 343 g/mol. The Balaban J connectivity index is 2.27. The molecule has 9 heteroatoms. The van der Waals surface area contributed by atoms with E-state index in [2.05, 4.69) is 19.8 Å². The minimum atomic E-state index is -0.704. The molecule has 3 heterocycles. The van der Waals surface area contributed by atoms with Gasteiger partial charge in [0.05, 0.1) is 18.1 Å². The van der Waals surface area contributed by atoms with Crippen LogP contribution in [0, 0.1) is 6.92 Å². The molecule has 120 valence electrons. The molecule has 4 rings (SSSR count). The Kier molecular flexibility index (Phi) is 3.04. The Labute approximate surface area is 139 Å². The summed E-state index contributed by atoms with van der Waals surface area (Å²) >= 11 is 6.20. The summed E-state index contributed by atoms with van der Waals surface area (Å²) in [6.07, 6.45) is 0. The summed E-state index contributed by atoms with van der Waals surface area (Å²) in [4.78, 5) is 32.5. The fourth-order valence-electron chi connectivity index (χ4n) is 2.56. The quantitative estimate of drug-likeness (QED) is 0.488. The van der Waals surface area contributed by atoms with Gasteiger partial charge in [-0.3, -0.25) is 9.20 Å². The fourth-order valence-corrected chi connectivity index (χ4v) is 2.78. The van der Waals surface area contributed by atoms with Gasteiger partial charge in [-0.15, -0.1) is 5.10 Å². The second-order valence-electron chi connectivity index (χ2n) is 5.24. The molecule has 0 spiro atoms. The van der Waals surface area contributed by atoms with E-state index >= 15 is 0 Å². The van der Waals surface area contributed by atoms with Crippen molar-refractivity contribution in [3.8, 4) is 0 Å². The predicted molar refractivity (Wildman–Crippen MR) is 86.6 cm³/mol. The highest BCUT2D eigenvalue weighted by molar-refractivity contribution is 6.32. The molecule has 24 heavy (non-hydrogen) atoms. The Bertz CT molecular complexity index is 1210. The number of carbonyl (C=O) groups is 1. The number of ether oxygens (including phenoxy) is 1. The van der Waals surface area contributed by atoms with E-state index in [0.717, 1.165) is 16.1 Å². The first-order chi connectivity index (χ1) is 11.5. The van der Waals surface area contributed by atoms with E-state index < -0.39 is 11.5 Å². The molecule has 0 fully saturated rings. The minimum absolute atomic E-state index is 0.0990. The molecule has 0 amide bonds. The largest absolute Gasteiger partial charge is 0.464 e. The third-order valence-corrected chi connectivity index (χ3v) is 3.91. The molecule has 3 aromatic heterocycles. The second kappa shape index (κ2) is 5.00. The van der Waals surface area contributed by atoms with Crippen LogP contribution in [0.25, 0.3) is 22.5 Å². The van der Waals surface area contributed by atoms with Crippen LogP contribution in [0.15, 0.2) is 29.1 Å². The second-order valence-corrected chi connectivity index (χ2v) is 5.59. The van der Waals surface area contributed by atoms with Gasteiger partial charge in [0, 0.05) is 6.07 Å². The molecule has 0 unspecified atom stereocenters. The minimum Gasteiger partial charge on any atom is -0.464 e. The maximum absolute atomic E-state index is 12.3. The average molecular weight is 344 g/mol. The van der Waals surface area contributed by atoms with E-state index in [-0.39, 0.29) is 22.3 Å². The molecule has 0 atom stereocenters. The first kappa shape index (κ1) is 14.6. The summed E-state index contributed by atoms with van der Waals surface area (Å²) in [5, 5.41) is 4.31. The van der Waals surface area contributed by atoms with Crippen molar-refractivity contribution in [3.63, 3.8) is 0 Å². The lowest BCUT2D eigenvalue weighted by atomic mass is 10.2. The van der Waals surface area contributed by atoms with E-state index in [9.17, 15) is 9.59 Å². The van der Waals surface area contributed by atoms with Crippen LogP contribution < -0.4 is 5.56 Å². The number of fused-ring (bicyclic) bond motifs is 5. The number of aryl methyl sites for hydroxylation is 1. The van der Waals surface area contributed by atoms with Crippen LogP contribution in [0.3, 0.4) is 0 Å². The zero-order valence-electron chi connectivity index (χ0n) is 12.6. The molecule has 0 N–H and O–H groups in total. The van der Waals surface area contributed by atoms with Crippen molar-refractivity contribution < 1.29 is 9.53 Å². The van der Waals surface area contributed by atoms with Crippen LogP contribution in [-0.2, 0) is 4.74 Å². The standard InChI is InChI=1S/C15H10ClN5O3/c1-7-3-4-8-10(5-7)20-13(12(16)17-8)19-21-11(22)6-9(14(23)24-2)18-15(20)21/h3-6H,1-2H3. The normalized spacial score (nSPS) is 11.5. The van der Waals surface area contributed by atoms with Gasteiger partial charge in [0.25, 0.3) is 5.56 Å². The van der Waals surface area contributed by atoms with Gasteiger partial charge >= 0.3 is 5.97 Å². The van der Waals surface area contributed by atoms with Crippen molar-refractivity contribution in [1.29, 1.82) is 0 Å². The molecule has 0 radical (unpaired) electrons. The van der Waals surface area contributed by atoms with Crippen LogP contribution in [0.5, 0.6) is 0 Å². The van der Waals surface area contributed by atoms with Crippen LogP contribution in [0.2, 0.25) is 5.15 Å². The highest BCUT2D eigenvalue weighted by Crippen LogP contribution is 2.23. The molecule has 4 aromatic rings. The van der Waals surface area contributed by atoms with Crippen LogP contribution in [0.4, 0.5) is 0 Å². The Hall–Kier alpha value is -3.00. The van der Waals surface area contributed by atoms with Crippen molar-refractivity contribution in [2.24, 2.45) is 0 Å². The van der Waals surface area contributed by atoms with E-state index in [0.29, 0.717) is 11.0 Å². The number of hydrogen-bond acceptors (Lipinski definition) is 6. The Morgan fingerprint density at radius 1 is 1.25 bits per heavy atom. The number of methoxy groups -OCH3 is 1. The lowest BCUT2D eigenvalue weighted by molar-refractivity contribution is 0.0594. The molecule has 0 aliphatic heterocycles. The first-order valence-electron chi connectivity index (χ1n) is 6.96. The summed E-state index contributed by atoms with van der Waals surface area (Å²) in [6, 6.07) is 6.66. The molecule has 0 aliphatic carbocycles. The summed E-state index contributed by atoms with van der Waals surface area (Å²) in [5.74, 6) is -0.539. The van der Waals surface area contributed by atoms with Gasteiger partial charge < -0.3 is 4.74 Å². The van der Waals surface area contributed by atoms with Crippen molar-refractivity contribution in [2.75, 3.05) is 7.11 Å². The number of halogens is 1. The van der Waals surface area contributed by atoms with Gasteiger partial charge in [-0.2, -0.15) is 4.52 Å². The zero-order valence-corrected chi connectivity index (χ0v) is 13.4. The van der Waals surface area contributed by atoms with Gasteiger partial charge in [0.1, 0.15) is 0 Å². The van der Waals surface area contributed by atoms with Crippen molar-refractivity contribution in [1.82, 2.24) is 24.0 Å². The Morgan fingerprint density at radius 3 is 2.79 bits per heavy atom. The topological polar surface area (TPSA) is 90.9 Å². The molecule has 1 aromatic carbocycles. The highest BCUT2D eigenvalue weighted by Gasteiger charge is 2.18. The van der Waals surface area contributed by atoms with Crippen LogP contribution in [-0.4, -0.2) is 37.1 Å². The number of carbonyl (C=O) groups excluding carboxylic acids is 1. The summed E-state index contributed by atoms with van der Waals surface area (Å²) in [6.45, 7) is 1.93. The summed E-state index contributed by atoms with van der Waals surface area (Å²) in [5.41, 5.74) is 1.96. The number of nitrogens with zero attached hydrogens (tertiary/aromatic N) is 5. The smallest absolute Gasteiger partial charge is 0.357 e. The number of aromatic nitrogens is 5. The maximum Gasteiger partial charge on any atom is 0.357 e. The van der Waals surface area contributed by atoms with Gasteiger partial charge in [0.2, 0.25) is 5.78 Å². The van der Waals surface area contributed by atoms with E-state index in [1.807, 2.05) is 25.1 Å². The van der Waals surface area contributed by atoms with Gasteiger partial charge in [-0.05, 0) is 24.6 Å². The number of benzene rings is 1. The number of hydrogen-bond donors (Lipinski definition) is 0. The average Bonchev–Trinajstić information content (AvgIpc) is 2.96. The molecule has 0 saturated heterocycles. The maximum atomic E-state index is 12.3. The molecule has 8 nitrogen and oxygen atoms in total. The van der Waals surface area contributed by atoms with Gasteiger partial charge in [-0.1, -0.05) is 17.7 Å². The van der Waals surface area contributed by atoms with Gasteiger partial charge in [-0.25, -0.2) is 14.8 Å². The summed E-state index contributed by atoms with van der Waals surface area (Å²) < 4.78 is 7.32. The molecule has 0 saturated carbocycles. The van der Waals surface area contributed by atoms with E-state index in [4.69, 9.17) is 11.6 Å². The fraction of sp³-hybridized carbons (Fsp3) is 0.133. The third kappa shape index (κ3) is 1.96. The van der Waals surface area contributed by atoms with Crippen molar-refractivity contribution in [3.05, 3.63) is 51.0 Å². The molecular formula is C15H10ClN5O3. The molecule has 0 aliphatic rings. The SMILES string of the molecule is COC(=O)c1cc(=O)n2nc3c(Cl)nc4ccc(C)cc4n3c2n1. The first-order valence-corrected chi connectivity index (χ1v) is 7.34. The highest BCUT2D eigenvalue weighted by atomic mass is 35.5. The van der Waals surface area contributed by atoms with Crippen LogP contribution in [0.1, 0.15) is 16.1 Å². The predicted octanol–water partition coefficient (Wildman–Crippen LogP) is 1.64. The third-order valence-electron chi connectivity index (χ3n) is 3.65. The zero-order chi connectivity index (χ0) is 17.0. The van der Waals surface area contributed by atoms with Gasteiger partial charge in [0.15, 0.2) is 16.5 Å². The number of rotatable bonds is 1. The van der Waals surface area contributed by atoms with Crippen LogP contribution >= 0.6 is 11.6 Å². The molecule has 0 bridgehead atoms. The van der Waals surface area contributed by atoms with Crippen molar-refractivity contribution >= 4 is 40.0 Å². The lowest BCUT2D eigenvalue weighted by Gasteiger charge is -2.04. The summed E-state index contributed by atoms with van der Waals surface area (Å²) in [7, 11) is 1.22. The Morgan fingerprint density at radius 2 is 2.04 bits per heavy atom. The van der Waals surface area contributed by atoms with E-state index in [1.165, 1.54) is 7.11 Å². The number of esters is 1.